The lowest BCUT2D eigenvalue weighted by atomic mass is 9.96. The van der Waals surface area contributed by atoms with Gasteiger partial charge < -0.3 is 19.5 Å². The van der Waals surface area contributed by atoms with Crippen LogP contribution in [0, 0.1) is 13.8 Å². The largest absolute Gasteiger partial charge is 0.368 e. The van der Waals surface area contributed by atoms with Crippen LogP contribution in [0.4, 0.5) is 17.2 Å². The Hall–Kier alpha value is -4.13. The summed E-state index contributed by atoms with van der Waals surface area (Å²) >= 11 is 0. The molecule has 0 spiro atoms. The number of hydrogen-bond acceptors (Lipinski definition) is 5. The topological polar surface area (TPSA) is 70.0 Å². The van der Waals surface area contributed by atoms with E-state index in [1.54, 1.807) is 0 Å². The lowest BCUT2D eigenvalue weighted by Crippen LogP contribution is -2.46. The van der Waals surface area contributed by atoms with Gasteiger partial charge in [-0.2, -0.15) is 0 Å². The second-order valence-corrected chi connectivity index (χ2v) is 10.9. The number of nitrogens with zero attached hydrogens (tertiary/aromatic N) is 4. The molecule has 0 radical (unpaired) electrons. The van der Waals surface area contributed by atoms with Crippen LogP contribution >= 0.6 is 0 Å². The van der Waals surface area contributed by atoms with Crippen LogP contribution in [-0.4, -0.2) is 47.3 Å². The first-order chi connectivity index (χ1) is 19.0. The molecule has 1 aliphatic carbocycles. The van der Waals surface area contributed by atoms with E-state index in [0.29, 0.717) is 17.3 Å². The van der Waals surface area contributed by atoms with Crippen molar-refractivity contribution in [2.75, 3.05) is 41.3 Å². The molecule has 7 heteroatoms. The summed E-state index contributed by atoms with van der Waals surface area (Å²) in [5.41, 5.74) is 6.46. The smallest absolute Gasteiger partial charge is 0.298 e. The molecule has 1 saturated heterocycles. The monoisotopic (exact) mass is 521 g/mol. The normalized spacial score (nSPS) is 16.2. The molecule has 3 aromatic heterocycles. The minimum Gasteiger partial charge on any atom is -0.368 e. The van der Waals surface area contributed by atoms with Crippen molar-refractivity contribution in [3.8, 4) is 0 Å². The summed E-state index contributed by atoms with van der Waals surface area (Å²) in [5, 5.41) is 2.84. The highest BCUT2D eigenvalue weighted by atomic mass is 16.2. The molecule has 2 aliphatic rings. The molecule has 1 N–H and O–H groups in total. The van der Waals surface area contributed by atoms with Crippen molar-refractivity contribution >= 4 is 34.4 Å². The molecule has 7 nitrogen and oxygen atoms in total. The van der Waals surface area contributed by atoms with Crippen LogP contribution in [-0.2, 0) is 4.79 Å². The number of anilines is 3. The summed E-state index contributed by atoms with van der Waals surface area (Å²) < 4.78 is 1.87. The zero-order valence-corrected chi connectivity index (χ0v) is 22.7. The predicted molar refractivity (Wildman–Crippen MR) is 156 cm³/mol. The highest BCUT2D eigenvalue weighted by molar-refractivity contribution is 6.46. The van der Waals surface area contributed by atoms with Gasteiger partial charge in [0.25, 0.3) is 11.7 Å². The third-order valence-electron chi connectivity index (χ3n) is 8.10. The maximum atomic E-state index is 13.5. The predicted octanol–water partition coefficient (Wildman–Crippen LogP) is 5.76. The maximum Gasteiger partial charge on any atom is 0.298 e. The fourth-order valence-electron chi connectivity index (χ4n) is 6.16. The van der Waals surface area contributed by atoms with Crippen LogP contribution in [0.1, 0.15) is 58.9 Å². The number of piperazine rings is 1. The summed E-state index contributed by atoms with van der Waals surface area (Å²) in [4.78, 5) is 36.0. The molecular weight excluding hydrogens is 486 g/mol. The molecule has 1 amide bonds. The Kier molecular flexibility index (Phi) is 6.81. The van der Waals surface area contributed by atoms with E-state index in [-0.39, 0.29) is 0 Å². The van der Waals surface area contributed by atoms with E-state index in [2.05, 4.69) is 40.2 Å². The van der Waals surface area contributed by atoms with E-state index >= 15 is 0 Å². The highest BCUT2D eigenvalue weighted by Gasteiger charge is 2.29. The molecule has 1 aliphatic heterocycles. The number of nitrogens with one attached hydrogen (secondary N) is 1. The van der Waals surface area contributed by atoms with E-state index in [0.717, 1.165) is 67.3 Å². The quantitative estimate of drug-likeness (QED) is 0.258. The number of amides is 1. The second kappa shape index (κ2) is 10.6. The second-order valence-electron chi connectivity index (χ2n) is 10.9. The van der Waals surface area contributed by atoms with Gasteiger partial charge in [-0.3, -0.25) is 9.59 Å². The lowest BCUT2D eigenvalue weighted by molar-refractivity contribution is -0.112. The van der Waals surface area contributed by atoms with Crippen molar-refractivity contribution in [2.24, 2.45) is 0 Å². The maximum absolute atomic E-state index is 13.5. The summed E-state index contributed by atoms with van der Waals surface area (Å²) in [5.74, 6) is 0.299. The Bertz CT molecular complexity index is 1490. The molecule has 6 rings (SSSR count). The van der Waals surface area contributed by atoms with Crippen LogP contribution in [0.3, 0.4) is 0 Å². The first-order valence-corrected chi connectivity index (χ1v) is 14.0. The molecule has 1 saturated carbocycles. The van der Waals surface area contributed by atoms with E-state index in [1.807, 2.05) is 60.0 Å². The average molecular weight is 522 g/mol. The number of fused-ring (bicyclic) bond motifs is 1. The number of rotatable bonds is 6. The van der Waals surface area contributed by atoms with Gasteiger partial charge in [0.15, 0.2) is 0 Å². The molecule has 1 aromatic carbocycles. The van der Waals surface area contributed by atoms with Crippen LogP contribution in [0.25, 0.3) is 5.52 Å². The Balaban J connectivity index is 1.12. The molecule has 0 unspecified atom stereocenters. The first kappa shape index (κ1) is 25.2. The van der Waals surface area contributed by atoms with Gasteiger partial charge in [-0.25, -0.2) is 4.98 Å². The number of pyridine rings is 2. The number of benzene rings is 1. The number of ketones is 1. The Morgan fingerprint density at radius 3 is 2.31 bits per heavy atom. The summed E-state index contributed by atoms with van der Waals surface area (Å²) in [6.07, 6.45) is 6.34. The number of aromatic nitrogens is 2. The van der Waals surface area contributed by atoms with E-state index in [1.165, 1.54) is 18.4 Å². The van der Waals surface area contributed by atoms with Crippen molar-refractivity contribution in [1.29, 1.82) is 0 Å². The molecule has 0 bridgehead atoms. The lowest BCUT2D eigenvalue weighted by Gasteiger charge is -2.37. The van der Waals surface area contributed by atoms with Crippen molar-refractivity contribution < 1.29 is 9.59 Å². The average Bonchev–Trinajstić information content (AvgIpc) is 3.61. The zero-order chi connectivity index (χ0) is 26.9. The molecule has 2 fully saturated rings. The SMILES string of the molecule is Cc1cc(C)nc(N2CCN(c3ccc(NC(=O)C(=O)c4c(C5CCCC5)cc5ccccn45)cc3)CC2)c1. The molecule has 4 heterocycles. The third kappa shape index (κ3) is 5.13. The first-order valence-electron chi connectivity index (χ1n) is 14.0. The van der Waals surface area contributed by atoms with Crippen molar-refractivity contribution in [3.05, 3.63) is 89.4 Å². The summed E-state index contributed by atoms with van der Waals surface area (Å²) in [6, 6.07) is 20.0. The van der Waals surface area contributed by atoms with Gasteiger partial charge >= 0.3 is 0 Å². The van der Waals surface area contributed by atoms with Gasteiger partial charge in [0, 0.05) is 55.0 Å². The van der Waals surface area contributed by atoms with Crippen molar-refractivity contribution in [2.45, 2.75) is 45.4 Å². The van der Waals surface area contributed by atoms with Gasteiger partial charge in [-0.05, 0) is 98.3 Å². The third-order valence-corrected chi connectivity index (χ3v) is 8.10. The highest BCUT2D eigenvalue weighted by Crippen LogP contribution is 2.37. The fourth-order valence-corrected chi connectivity index (χ4v) is 6.16. The molecule has 0 atom stereocenters. The van der Waals surface area contributed by atoms with Crippen molar-refractivity contribution in [3.63, 3.8) is 0 Å². The molecular formula is C32H35N5O2. The molecule has 4 aromatic rings. The standard InChI is InChI=1S/C32H35N5O2/c1-22-19-23(2)33-29(20-22)36-17-15-35(16-18-36)26-12-10-25(11-13-26)34-32(39)31(38)30-28(24-7-3-4-8-24)21-27-9-5-6-14-37(27)30/h5-6,9-14,19-21,24H,3-4,7-8,15-18H2,1-2H3,(H,34,39). The number of carbonyl (C=O) groups is 2. The van der Waals surface area contributed by atoms with E-state index in [9.17, 15) is 9.59 Å². The number of Topliss-reactive ketones (excluding diaryl/α,β-unsaturated/α-hetero) is 1. The molecule has 39 heavy (non-hydrogen) atoms. The van der Waals surface area contributed by atoms with Crippen LogP contribution in [0.15, 0.2) is 66.9 Å². The Morgan fingerprint density at radius 1 is 0.872 bits per heavy atom. The number of carbonyl (C=O) groups excluding carboxylic acids is 2. The zero-order valence-electron chi connectivity index (χ0n) is 22.7. The minimum atomic E-state index is -0.597. The van der Waals surface area contributed by atoms with E-state index in [4.69, 9.17) is 4.98 Å². The van der Waals surface area contributed by atoms with Crippen LogP contribution < -0.4 is 15.1 Å². The Morgan fingerprint density at radius 2 is 1.59 bits per heavy atom. The van der Waals surface area contributed by atoms with Gasteiger partial charge in [0.2, 0.25) is 0 Å². The van der Waals surface area contributed by atoms with Crippen LogP contribution in [0.2, 0.25) is 0 Å². The minimum absolute atomic E-state index is 0.335. The number of hydrogen-bond donors (Lipinski definition) is 1. The summed E-state index contributed by atoms with van der Waals surface area (Å²) in [7, 11) is 0. The van der Waals surface area contributed by atoms with Gasteiger partial charge in [-0.1, -0.05) is 18.9 Å². The molecule has 200 valence electrons. The van der Waals surface area contributed by atoms with Gasteiger partial charge in [-0.15, -0.1) is 0 Å². The number of aryl methyl sites for hydroxylation is 2. The summed E-state index contributed by atoms with van der Waals surface area (Å²) in [6.45, 7) is 7.73. The van der Waals surface area contributed by atoms with Crippen molar-refractivity contribution in [1.82, 2.24) is 9.38 Å². The van der Waals surface area contributed by atoms with E-state index < -0.39 is 11.7 Å². The van der Waals surface area contributed by atoms with Crippen LogP contribution in [0.5, 0.6) is 0 Å². The van der Waals surface area contributed by atoms with Gasteiger partial charge in [0.05, 0.1) is 0 Å². The fraction of sp³-hybridized carbons (Fsp3) is 0.344. The Labute approximate surface area is 229 Å². The van der Waals surface area contributed by atoms with Gasteiger partial charge in [0.1, 0.15) is 11.5 Å².